The van der Waals surface area contributed by atoms with Crippen molar-refractivity contribution >= 4 is 29.2 Å². The second-order valence-electron chi connectivity index (χ2n) is 5.01. The lowest BCUT2D eigenvalue weighted by atomic mass is 10.0. The van der Waals surface area contributed by atoms with Gasteiger partial charge in [-0.2, -0.15) is 10.1 Å². The van der Waals surface area contributed by atoms with Crippen LogP contribution in [-0.4, -0.2) is 27.1 Å². The van der Waals surface area contributed by atoms with Crippen molar-refractivity contribution in [2.75, 3.05) is 10.3 Å². The van der Waals surface area contributed by atoms with Crippen LogP contribution in [0.2, 0.25) is 0 Å². The number of carbonyl (C=O) groups is 2. The molecule has 0 radical (unpaired) electrons. The number of amides is 2. The summed E-state index contributed by atoms with van der Waals surface area (Å²) < 4.78 is 1.67. The van der Waals surface area contributed by atoms with E-state index in [1.165, 1.54) is 5.01 Å². The first-order valence-corrected chi connectivity index (χ1v) is 6.80. The van der Waals surface area contributed by atoms with Gasteiger partial charge in [0.25, 0.3) is 5.91 Å². The number of carbonyl (C=O) groups excluding carboxylic acids is 2. The molecule has 22 heavy (non-hydrogen) atoms. The zero-order valence-electron chi connectivity index (χ0n) is 12.2. The van der Waals surface area contributed by atoms with Crippen LogP contribution >= 0.6 is 0 Å². The maximum atomic E-state index is 12.5. The first kappa shape index (κ1) is 14.0. The molecule has 0 bridgehead atoms. The molecule has 2 amide bonds. The predicted molar refractivity (Wildman–Crippen MR) is 82.4 cm³/mol. The molecule has 1 aromatic heterocycles. The monoisotopic (exact) mass is 297 g/mol. The number of para-hydroxylation sites is 1. The van der Waals surface area contributed by atoms with Crippen molar-refractivity contribution in [1.29, 1.82) is 0 Å². The summed E-state index contributed by atoms with van der Waals surface area (Å²) in [5, 5.41) is 8.12. The molecule has 1 atom stereocenters. The zero-order valence-corrected chi connectivity index (χ0v) is 12.2. The van der Waals surface area contributed by atoms with Crippen molar-refractivity contribution in [1.82, 2.24) is 9.55 Å². The topological polar surface area (TPSA) is 79.6 Å². The van der Waals surface area contributed by atoms with Crippen molar-refractivity contribution in [3.05, 3.63) is 42.7 Å². The molecule has 1 aromatic carbocycles. The molecule has 2 aromatic rings. The second-order valence-corrected chi connectivity index (χ2v) is 5.01. The summed E-state index contributed by atoms with van der Waals surface area (Å²) in [6.45, 7) is 1.67. The highest BCUT2D eigenvalue weighted by Gasteiger charge is 2.40. The number of benzene rings is 1. The molecule has 3 rings (SSSR count). The van der Waals surface area contributed by atoms with E-state index in [0.717, 1.165) is 0 Å². The Kier molecular flexibility index (Phi) is 3.46. The fourth-order valence-corrected chi connectivity index (χ4v) is 2.29. The fourth-order valence-electron chi connectivity index (χ4n) is 2.29. The number of imidazole rings is 1. The quantitative estimate of drug-likeness (QED) is 0.870. The number of rotatable bonds is 3. The van der Waals surface area contributed by atoms with Crippen LogP contribution in [0.3, 0.4) is 0 Å². The zero-order chi connectivity index (χ0) is 15.7. The Balaban J connectivity index is 1.81. The average molecular weight is 297 g/mol. The van der Waals surface area contributed by atoms with E-state index in [9.17, 15) is 9.59 Å². The van der Waals surface area contributed by atoms with Crippen LogP contribution in [0.4, 0.5) is 11.6 Å². The Morgan fingerprint density at radius 2 is 2.00 bits per heavy atom. The van der Waals surface area contributed by atoms with Crippen molar-refractivity contribution in [3.63, 3.8) is 0 Å². The van der Waals surface area contributed by atoms with Crippen LogP contribution in [0.25, 0.3) is 0 Å². The standard InChI is InChI=1S/C15H15N5O2/c1-10-12(13(21)17-15-16-8-9-19(15)2)14(22)20(18-10)11-6-4-3-5-7-11/h3-9,12H,1-2H3,(H,16,17,21). The normalized spacial score (nSPS) is 17.5. The highest BCUT2D eigenvalue weighted by atomic mass is 16.2. The van der Waals surface area contributed by atoms with E-state index in [0.29, 0.717) is 17.3 Å². The minimum absolute atomic E-state index is 0.365. The van der Waals surface area contributed by atoms with Crippen LogP contribution in [0.15, 0.2) is 47.8 Å². The van der Waals surface area contributed by atoms with Gasteiger partial charge in [0.15, 0.2) is 5.92 Å². The number of anilines is 2. The van der Waals surface area contributed by atoms with Crippen molar-refractivity contribution < 1.29 is 9.59 Å². The lowest BCUT2D eigenvalue weighted by Gasteiger charge is -2.14. The summed E-state index contributed by atoms with van der Waals surface area (Å²) in [5.41, 5.74) is 1.10. The Labute approximate surface area is 127 Å². The van der Waals surface area contributed by atoms with Gasteiger partial charge >= 0.3 is 0 Å². The molecule has 0 spiro atoms. The molecule has 1 N–H and O–H groups in total. The summed E-state index contributed by atoms with van der Waals surface area (Å²) in [7, 11) is 1.76. The molecule has 7 nitrogen and oxygen atoms in total. The predicted octanol–water partition coefficient (Wildman–Crippen LogP) is 1.40. The molecule has 1 aliphatic rings. The van der Waals surface area contributed by atoms with Gasteiger partial charge < -0.3 is 4.57 Å². The molecule has 112 valence electrons. The number of hydrogen-bond acceptors (Lipinski definition) is 4. The highest BCUT2D eigenvalue weighted by Crippen LogP contribution is 2.24. The van der Waals surface area contributed by atoms with Gasteiger partial charge in [0.1, 0.15) is 0 Å². The third kappa shape index (κ3) is 2.37. The smallest absolute Gasteiger partial charge is 0.265 e. The Morgan fingerprint density at radius 1 is 1.27 bits per heavy atom. The Hall–Kier alpha value is -2.96. The maximum Gasteiger partial charge on any atom is 0.265 e. The van der Waals surface area contributed by atoms with Crippen molar-refractivity contribution in [3.8, 4) is 0 Å². The minimum atomic E-state index is -0.933. The molecule has 0 aliphatic carbocycles. The van der Waals surface area contributed by atoms with Crippen LogP contribution in [-0.2, 0) is 16.6 Å². The fraction of sp³-hybridized carbons (Fsp3) is 0.200. The molecule has 2 heterocycles. The van der Waals surface area contributed by atoms with E-state index in [1.807, 2.05) is 18.2 Å². The Morgan fingerprint density at radius 3 is 2.64 bits per heavy atom. The van der Waals surface area contributed by atoms with Gasteiger partial charge in [-0.05, 0) is 19.1 Å². The lowest BCUT2D eigenvalue weighted by molar-refractivity contribution is -0.127. The van der Waals surface area contributed by atoms with Crippen LogP contribution in [0, 0.1) is 5.92 Å². The number of hydrazone groups is 1. The van der Waals surface area contributed by atoms with E-state index >= 15 is 0 Å². The molecular weight excluding hydrogens is 282 g/mol. The molecule has 0 saturated carbocycles. The lowest BCUT2D eigenvalue weighted by Crippen LogP contribution is -2.36. The summed E-state index contributed by atoms with van der Waals surface area (Å²) in [6.07, 6.45) is 3.28. The second kappa shape index (κ2) is 5.44. The van der Waals surface area contributed by atoms with Gasteiger partial charge in [-0.3, -0.25) is 14.9 Å². The van der Waals surface area contributed by atoms with E-state index in [4.69, 9.17) is 0 Å². The first-order chi connectivity index (χ1) is 10.6. The largest absolute Gasteiger partial charge is 0.320 e. The molecule has 1 aliphatic heterocycles. The SMILES string of the molecule is CC1=NN(c2ccccc2)C(=O)C1C(=O)Nc1nccn1C. The summed E-state index contributed by atoms with van der Waals surface area (Å²) in [6, 6.07) is 9.02. The van der Waals surface area contributed by atoms with Gasteiger partial charge in [-0.1, -0.05) is 18.2 Å². The van der Waals surface area contributed by atoms with Crippen molar-refractivity contribution in [2.24, 2.45) is 18.1 Å². The van der Waals surface area contributed by atoms with E-state index < -0.39 is 11.8 Å². The number of nitrogens with zero attached hydrogens (tertiary/aromatic N) is 4. The molecular formula is C15H15N5O2. The number of aryl methyl sites for hydroxylation is 1. The van der Waals surface area contributed by atoms with Gasteiger partial charge in [0.05, 0.1) is 11.4 Å². The summed E-state index contributed by atoms with van der Waals surface area (Å²) in [4.78, 5) is 28.9. The Bertz CT molecular complexity index is 750. The highest BCUT2D eigenvalue weighted by molar-refractivity contribution is 6.28. The van der Waals surface area contributed by atoms with Gasteiger partial charge in [-0.15, -0.1) is 0 Å². The van der Waals surface area contributed by atoms with Gasteiger partial charge in [0, 0.05) is 19.4 Å². The van der Waals surface area contributed by atoms with Gasteiger partial charge in [0.2, 0.25) is 11.9 Å². The average Bonchev–Trinajstić information content (AvgIpc) is 3.03. The third-order valence-corrected chi connectivity index (χ3v) is 3.45. The van der Waals surface area contributed by atoms with Crippen LogP contribution < -0.4 is 10.3 Å². The molecule has 0 fully saturated rings. The number of aromatic nitrogens is 2. The number of nitrogens with one attached hydrogen (secondary N) is 1. The summed E-state index contributed by atoms with van der Waals surface area (Å²) in [5.74, 6) is -1.34. The number of hydrogen-bond donors (Lipinski definition) is 1. The molecule has 1 unspecified atom stereocenters. The maximum absolute atomic E-state index is 12.5. The van der Waals surface area contributed by atoms with Crippen LogP contribution in [0.5, 0.6) is 0 Å². The molecule has 7 heteroatoms. The minimum Gasteiger partial charge on any atom is -0.320 e. The van der Waals surface area contributed by atoms with E-state index in [2.05, 4.69) is 15.4 Å². The first-order valence-electron chi connectivity index (χ1n) is 6.80. The van der Waals surface area contributed by atoms with E-state index in [-0.39, 0.29) is 5.91 Å². The van der Waals surface area contributed by atoms with Crippen molar-refractivity contribution in [2.45, 2.75) is 6.92 Å². The van der Waals surface area contributed by atoms with E-state index in [1.54, 1.807) is 43.1 Å². The third-order valence-electron chi connectivity index (χ3n) is 3.45. The van der Waals surface area contributed by atoms with Crippen LogP contribution in [0.1, 0.15) is 6.92 Å². The molecule has 0 saturated heterocycles. The van der Waals surface area contributed by atoms with Gasteiger partial charge in [-0.25, -0.2) is 4.98 Å². The summed E-state index contributed by atoms with van der Waals surface area (Å²) >= 11 is 0.